The Bertz CT molecular complexity index is 522. The van der Waals surface area contributed by atoms with Crippen molar-refractivity contribution in [3.8, 4) is 5.75 Å². The zero-order valence-electron chi connectivity index (χ0n) is 13.2. The maximum absolute atomic E-state index is 12.4. The zero-order chi connectivity index (χ0) is 16.1. The number of methoxy groups -OCH3 is 2. The van der Waals surface area contributed by atoms with Crippen molar-refractivity contribution >= 4 is 11.8 Å². The molecule has 5 nitrogen and oxygen atoms in total. The first-order valence-electron chi connectivity index (χ1n) is 7.50. The van der Waals surface area contributed by atoms with Gasteiger partial charge in [-0.1, -0.05) is 25.5 Å². The summed E-state index contributed by atoms with van der Waals surface area (Å²) in [5.41, 5.74) is 0.783. The van der Waals surface area contributed by atoms with E-state index in [1.54, 1.807) is 19.2 Å². The number of ether oxygens (including phenoxy) is 3. The van der Waals surface area contributed by atoms with E-state index in [1.165, 1.54) is 7.11 Å². The second-order valence-electron chi connectivity index (χ2n) is 5.41. The lowest BCUT2D eigenvalue weighted by Crippen LogP contribution is -2.41. The number of hydrogen-bond donors (Lipinski definition) is 0. The Morgan fingerprint density at radius 2 is 1.95 bits per heavy atom. The number of carbonyl (C=O) groups is 2. The third kappa shape index (κ3) is 3.47. The normalized spacial score (nSPS) is 24.9. The fourth-order valence-corrected chi connectivity index (χ4v) is 2.79. The number of hydrogen-bond acceptors (Lipinski definition) is 5. The van der Waals surface area contributed by atoms with Crippen LogP contribution in [0.15, 0.2) is 24.3 Å². The molecule has 0 spiro atoms. The van der Waals surface area contributed by atoms with E-state index in [0.717, 1.165) is 18.4 Å². The van der Waals surface area contributed by atoms with Gasteiger partial charge in [-0.2, -0.15) is 0 Å². The summed E-state index contributed by atoms with van der Waals surface area (Å²) in [5.74, 6) is -0.838. The zero-order valence-corrected chi connectivity index (χ0v) is 13.2. The number of rotatable bonds is 5. The molecule has 5 heteroatoms. The predicted octanol–water partition coefficient (Wildman–Crippen LogP) is 2.68. The fourth-order valence-electron chi connectivity index (χ4n) is 2.79. The summed E-state index contributed by atoms with van der Waals surface area (Å²) in [6.07, 6.45) is 1.24. The van der Waals surface area contributed by atoms with Gasteiger partial charge < -0.3 is 14.2 Å². The Balaban J connectivity index is 2.30. The van der Waals surface area contributed by atoms with Gasteiger partial charge in [0.1, 0.15) is 17.8 Å². The summed E-state index contributed by atoms with van der Waals surface area (Å²) < 4.78 is 16.0. The molecule has 1 aromatic carbocycles. The number of Topliss-reactive ketones (excluding diaryl/α,β-unsaturated/α-hetero) is 1. The van der Waals surface area contributed by atoms with Crippen molar-refractivity contribution in [3.05, 3.63) is 29.8 Å². The lowest BCUT2D eigenvalue weighted by Gasteiger charge is -2.34. The van der Waals surface area contributed by atoms with E-state index >= 15 is 0 Å². The Labute approximate surface area is 130 Å². The van der Waals surface area contributed by atoms with E-state index < -0.39 is 18.0 Å². The van der Waals surface area contributed by atoms with Crippen molar-refractivity contribution in [3.63, 3.8) is 0 Å². The van der Waals surface area contributed by atoms with E-state index in [9.17, 15) is 9.59 Å². The van der Waals surface area contributed by atoms with Gasteiger partial charge in [0, 0.05) is 6.42 Å². The molecule has 120 valence electrons. The van der Waals surface area contributed by atoms with Crippen LogP contribution in [0.1, 0.15) is 37.9 Å². The van der Waals surface area contributed by atoms with Crippen molar-refractivity contribution in [2.75, 3.05) is 14.2 Å². The average Bonchev–Trinajstić information content (AvgIpc) is 2.54. The first kappa shape index (κ1) is 16.5. The molecule has 0 aromatic heterocycles. The maximum Gasteiger partial charge on any atom is 0.319 e. The van der Waals surface area contributed by atoms with Crippen LogP contribution in [-0.4, -0.2) is 32.1 Å². The van der Waals surface area contributed by atoms with Crippen LogP contribution >= 0.6 is 0 Å². The summed E-state index contributed by atoms with van der Waals surface area (Å²) in [7, 11) is 2.88. The Kier molecular flexibility index (Phi) is 5.55. The summed E-state index contributed by atoms with van der Waals surface area (Å²) in [6.45, 7) is 2.04. The molecular formula is C17H22O5. The van der Waals surface area contributed by atoms with Gasteiger partial charge in [0.05, 0.1) is 20.3 Å². The molecule has 1 fully saturated rings. The SMILES string of the molecule is CCC[C@H]1CC(=O)[C@H](C(=O)OC)[C@@H](c2ccc(OC)cc2)O1. The summed E-state index contributed by atoms with van der Waals surface area (Å²) >= 11 is 0. The van der Waals surface area contributed by atoms with E-state index in [2.05, 4.69) is 0 Å². The molecule has 0 unspecified atom stereocenters. The second kappa shape index (κ2) is 7.40. The largest absolute Gasteiger partial charge is 0.497 e. The van der Waals surface area contributed by atoms with Crippen LogP contribution in [0.4, 0.5) is 0 Å². The standard InChI is InChI=1S/C17H22O5/c1-4-5-13-10-14(18)15(17(19)21-3)16(22-13)11-6-8-12(20-2)9-7-11/h6-9,13,15-16H,4-5,10H2,1-3H3/t13-,15-,16+/m0/s1. The van der Waals surface area contributed by atoms with Crippen LogP contribution in [0.25, 0.3) is 0 Å². The number of carbonyl (C=O) groups excluding carboxylic acids is 2. The minimum Gasteiger partial charge on any atom is -0.497 e. The quantitative estimate of drug-likeness (QED) is 0.618. The van der Waals surface area contributed by atoms with E-state index in [4.69, 9.17) is 14.2 Å². The third-order valence-electron chi connectivity index (χ3n) is 3.93. The minimum absolute atomic E-state index is 0.114. The third-order valence-corrected chi connectivity index (χ3v) is 3.93. The Hall–Kier alpha value is -1.88. The molecule has 0 aliphatic carbocycles. The molecule has 1 saturated heterocycles. The molecule has 0 radical (unpaired) electrons. The van der Waals surface area contributed by atoms with Crippen molar-refractivity contribution in [2.24, 2.45) is 5.92 Å². The Morgan fingerprint density at radius 1 is 1.27 bits per heavy atom. The van der Waals surface area contributed by atoms with E-state index in [-0.39, 0.29) is 18.3 Å². The predicted molar refractivity (Wildman–Crippen MR) is 80.6 cm³/mol. The number of benzene rings is 1. The minimum atomic E-state index is -0.897. The molecular weight excluding hydrogens is 284 g/mol. The van der Waals surface area contributed by atoms with Gasteiger partial charge in [0.2, 0.25) is 0 Å². The van der Waals surface area contributed by atoms with Crippen LogP contribution in [0, 0.1) is 5.92 Å². The van der Waals surface area contributed by atoms with Crippen LogP contribution in [0.5, 0.6) is 5.75 Å². The maximum atomic E-state index is 12.4. The van der Waals surface area contributed by atoms with Crippen molar-refractivity contribution in [1.82, 2.24) is 0 Å². The molecule has 0 saturated carbocycles. The van der Waals surface area contributed by atoms with Crippen LogP contribution in [0.3, 0.4) is 0 Å². The first-order valence-corrected chi connectivity index (χ1v) is 7.50. The van der Waals surface area contributed by atoms with Gasteiger partial charge in [0.25, 0.3) is 0 Å². The molecule has 3 atom stereocenters. The molecule has 1 aromatic rings. The monoisotopic (exact) mass is 306 g/mol. The second-order valence-corrected chi connectivity index (χ2v) is 5.41. The van der Waals surface area contributed by atoms with Gasteiger partial charge in [-0.05, 0) is 24.1 Å². The Morgan fingerprint density at radius 3 is 2.50 bits per heavy atom. The number of ketones is 1. The van der Waals surface area contributed by atoms with Crippen LogP contribution in [0.2, 0.25) is 0 Å². The fraction of sp³-hybridized carbons (Fsp3) is 0.529. The molecule has 0 N–H and O–H groups in total. The van der Waals surface area contributed by atoms with Gasteiger partial charge in [-0.25, -0.2) is 0 Å². The molecule has 1 heterocycles. The molecule has 0 bridgehead atoms. The average molecular weight is 306 g/mol. The highest BCUT2D eigenvalue weighted by atomic mass is 16.5. The lowest BCUT2D eigenvalue weighted by molar-refractivity contribution is -0.168. The van der Waals surface area contributed by atoms with Crippen molar-refractivity contribution in [2.45, 2.75) is 38.4 Å². The number of esters is 1. The van der Waals surface area contributed by atoms with E-state index in [0.29, 0.717) is 5.75 Å². The van der Waals surface area contributed by atoms with Gasteiger partial charge in [-0.3, -0.25) is 9.59 Å². The summed E-state index contributed by atoms with van der Waals surface area (Å²) in [4.78, 5) is 24.4. The van der Waals surface area contributed by atoms with Crippen molar-refractivity contribution in [1.29, 1.82) is 0 Å². The first-order chi connectivity index (χ1) is 10.6. The topological polar surface area (TPSA) is 61.8 Å². The van der Waals surface area contributed by atoms with Crippen molar-refractivity contribution < 1.29 is 23.8 Å². The van der Waals surface area contributed by atoms with E-state index in [1.807, 2.05) is 19.1 Å². The lowest BCUT2D eigenvalue weighted by atomic mass is 9.85. The van der Waals surface area contributed by atoms with Gasteiger partial charge >= 0.3 is 5.97 Å². The highest BCUT2D eigenvalue weighted by molar-refractivity contribution is 6.00. The molecule has 0 amide bonds. The van der Waals surface area contributed by atoms with Gasteiger partial charge in [0.15, 0.2) is 5.78 Å². The molecule has 1 aliphatic rings. The van der Waals surface area contributed by atoms with Crippen LogP contribution in [-0.2, 0) is 19.1 Å². The summed E-state index contributed by atoms with van der Waals surface area (Å²) in [6, 6.07) is 7.23. The van der Waals surface area contributed by atoms with Crippen LogP contribution < -0.4 is 4.74 Å². The highest BCUT2D eigenvalue weighted by Crippen LogP contribution is 2.37. The smallest absolute Gasteiger partial charge is 0.319 e. The molecule has 22 heavy (non-hydrogen) atoms. The summed E-state index contributed by atoms with van der Waals surface area (Å²) in [5, 5.41) is 0. The highest BCUT2D eigenvalue weighted by Gasteiger charge is 2.43. The molecule has 2 rings (SSSR count). The molecule has 1 aliphatic heterocycles. The van der Waals surface area contributed by atoms with Gasteiger partial charge in [-0.15, -0.1) is 0 Å².